The minimum atomic E-state index is -3.73. The number of carbonyl (C=O) groups excluding carboxylic acids is 1. The zero-order valence-corrected chi connectivity index (χ0v) is 19.7. The summed E-state index contributed by atoms with van der Waals surface area (Å²) < 4.78 is 40.7. The smallest absolute Gasteiger partial charge is 0.264 e. The Morgan fingerprint density at radius 1 is 1.00 bits per heavy atom. The van der Waals surface area contributed by atoms with Crippen molar-refractivity contribution in [2.45, 2.75) is 29.7 Å². The quantitative estimate of drug-likeness (QED) is 0.455. The molecule has 32 heavy (non-hydrogen) atoms. The SMILES string of the molecule is CCN(c1ccc(C(=O)NC(C)c2ccc(F)cc2)cc1)S(=O)(=O)c1ccc(SC)cc1. The molecule has 0 saturated carbocycles. The van der Waals surface area contributed by atoms with E-state index in [9.17, 15) is 17.6 Å². The Labute approximate surface area is 192 Å². The van der Waals surface area contributed by atoms with Crippen LogP contribution in [0.1, 0.15) is 35.8 Å². The lowest BCUT2D eigenvalue weighted by molar-refractivity contribution is 0.0940. The second-order valence-corrected chi connectivity index (χ2v) is 9.88. The van der Waals surface area contributed by atoms with E-state index in [2.05, 4.69) is 5.32 Å². The normalized spacial score (nSPS) is 12.2. The summed E-state index contributed by atoms with van der Waals surface area (Å²) in [4.78, 5) is 13.8. The van der Waals surface area contributed by atoms with Gasteiger partial charge in [0.2, 0.25) is 0 Å². The molecule has 3 aromatic carbocycles. The molecule has 1 amide bonds. The van der Waals surface area contributed by atoms with Crippen molar-refractivity contribution < 1.29 is 17.6 Å². The van der Waals surface area contributed by atoms with E-state index >= 15 is 0 Å². The number of thioether (sulfide) groups is 1. The van der Waals surface area contributed by atoms with Gasteiger partial charge in [0.05, 0.1) is 16.6 Å². The van der Waals surface area contributed by atoms with Crippen molar-refractivity contribution in [1.29, 1.82) is 0 Å². The van der Waals surface area contributed by atoms with Crippen molar-refractivity contribution >= 4 is 33.4 Å². The van der Waals surface area contributed by atoms with Crippen molar-refractivity contribution in [1.82, 2.24) is 5.32 Å². The van der Waals surface area contributed by atoms with Crippen molar-refractivity contribution in [3.05, 3.63) is 89.7 Å². The molecule has 0 fully saturated rings. The fraction of sp³-hybridized carbons (Fsp3) is 0.208. The maximum absolute atomic E-state index is 13.1. The molecule has 0 spiro atoms. The molecular weight excluding hydrogens is 447 g/mol. The van der Waals surface area contributed by atoms with Gasteiger partial charge in [-0.3, -0.25) is 9.10 Å². The van der Waals surface area contributed by atoms with Crippen LogP contribution in [0, 0.1) is 5.82 Å². The number of anilines is 1. The number of benzene rings is 3. The summed E-state index contributed by atoms with van der Waals surface area (Å²) in [7, 11) is -3.73. The van der Waals surface area contributed by atoms with Crippen LogP contribution in [0.2, 0.25) is 0 Å². The van der Waals surface area contributed by atoms with E-state index < -0.39 is 10.0 Å². The van der Waals surface area contributed by atoms with Gasteiger partial charge in [0.15, 0.2) is 0 Å². The van der Waals surface area contributed by atoms with Crippen LogP contribution >= 0.6 is 11.8 Å². The zero-order valence-electron chi connectivity index (χ0n) is 18.1. The largest absolute Gasteiger partial charge is 0.346 e. The number of rotatable bonds is 8. The van der Waals surface area contributed by atoms with Gasteiger partial charge < -0.3 is 5.32 Å². The first-order valence-corrected chi connectivity index (χ1v) is 12.8. The van der Waals surface area contributed by atoms with Crippen LogP contribution in [0.25, 0.3) is 0 Å². The summed E-state index contributed by atoms with van der Waals surface area (Å²) in [5, 5.41) is 2.87. The molecule has 0 aliphatic carbocycles. The van der Waals surface area contributed by atoms with Crippen LogP contribution in [0.5, 0.6) is 0 Å². The summed E-state index contributed by atoms with van der Waals surface area (Å²) in [5.41, 5.74) is 1.66. The van der Waals surface area contributed by atoms with Crippen LogP contribution in [-0.2, 0) is 10.0 Å². The van der Waals surface area contributed by atoms with Crippen LogP contribution in [-0.4, -0.2) is 27.1 Å². The maximum atomic E-state index is 13.1. The summed E-state index contributed by atoms with van der Waals surface area (Å²) in [6.45, 7) is 3.83. The molecule has 0 saturated heterocycles. The van der Waals surface area contributed by atoms with Crippen LogP contribution in [0.15, 0.2) is 82.6 Å². The average molecular weight is 473 g/mol. The molecule has 0 radical (unpaired) electrons. The van der Waals surface area contributed by atoms with Gasteiger partial charge in [-0.15, -0.1) is 11.8 Å². The Kier molecular flexibility index (Phi) is 7.58. The number of hydrogen-bond donors (Lipinski definition) is 1. The average Bonchev–Trinajstić information content (AvgIpc) is 2.80. The highest BCUT2D eigenvalue weighted by molar-refractivity contribution is 7.98. The lowest BCUT2D eigenvalue weighted by Crippen LogP contribution is -2.31. The van der Waals surface area contributed by atoms with Crippen molar-refractivity contribution in [2.24, 2.45) is 0 Å². The zero-order chi connectivity index (χ0) is 23.3. The number of amides is 1. The number of nitrogens with zero attached hydrogens (tertiary/aromatic N) is 1. The van der Waals surface area contributed by atoms with E-state index in [0.717, 1.165) is 10.5 Å². The minimum Gasteiger partial charge on any atom is -0.346 e. The van der Waals surface area contributed by atoms with Gasteiger partial charge in [0.1, 0.15) is 5.82 Å². The second-order valence-electron chi connectivity index (χ2n) is 7.14. The first-order valence-electron chi connectivity index (χ1n) is 10.1. The van der Waals surface area contributed by atoms with Crippen LogP contribution < -0.4 is 9.62 Å². The van der Waals surface area contributed by atoms with Crippen LogP contribution in [0.3, 0.4) is 0 Å². The summed E-state index contributed by atoms with van der Waals surface area (Å²) in [6, 6.07) is 18.8. The van der Waals surface area contributed by atoms with Crippen molar-refractivity contribution in [2.75, 3.05) is 17.1 Å². The van der Waals surface area contributed by atoms with E-state index in [-0.39, 0.29) is 29.2 Å². The number of nitrogens with one attached hydrogen (secondary N) is 1. The lowest BCUT2D eigenvalue weighted by atomic mass is 10.1. The molecule has 1 N–H and O–H groups in total. The summed E-state index contributed by atoms with van der Waals surface area (Å²) in [6.07, 6.45) is 1.93. The third-order valence-electron chi connectivity index (χ3n) is 5.07. The predicted octanol–water partition coefficient (Wildman–Crippen LogP) is 5.25. The van der Waals surface area contributed by atoms with E-state index in [1.165, 1.54) is 16.4 Å². The Balaban J connectivity index is 1.76. The Hall–Kier alpha value is -2.84. The molecule has 3 aromatic rings. The molecule has 3 rings (SSSR count). The molecule has 168 valence electrons. The molecule has 1 unspecified atom stereocenters. The first kappa shape index (κ1) is 23.8. The monoisotopic (exact) mass is 472 g/mol. The lowest BCUT2D eigenvalue weighted by Gasteiger charge is -2.23. The van der Waals surface area contributed by atoms with Gasteiger partial charge in [-0.2, -0.15) is 0 Å². The number of halogens is 1. The van der Waals surface area contributed by atoms with Gasteiger partial charge in [-0.1, -0.05) is 12.1 Å². The maximum Gasteiger partial charge on any atom is 0.264 e. The van der Waals surface area contributed by atoms with Gasteiger partial charge in [-0.25, -0.2) is 12.8 Å². The fourth-order valence-corrected chi connectivity index (χ4v) is 5.14. The number of sulfonamides is 1. The highest BCUT2D eigenvalue weighted by atomic mass is 32.2. The van der Waals surface area contributed by atoms with E-state index in [1.54, 1.807) is 79.3 Å². The second kappa shape index (κ2) is 10.2. The van der Waals surface area contributed by atoms with Gasteiger partial charge in [0, 0.05) is 17.0 Å². The molecule has 0 heterocycles. The van der Waals surface area contributed by atoms with Crippen LogP contribution in [0.4, 0.5) is 10.1 Å². The van der Waals surface area contributed by atoms with Gasteiger partial charge >= 0.3 is 0 Å². The Bertz CT molecular complexity index is 1160. The molecule has 5 nitrogen and oxygen atoms in total. The summed E-state index contributed by atoms with van der Waals surface area (Å²) >= 11 is 1.54. The third-order valence-corrected chi connectivity index (χ3v) is 7.73. The predicted molar refractivity (Wildman–Crippen MR) is 127 cm³/mol. The standard InChI is InChI=1S/C24H25FN2O3S2/c1-4-27(32(29,30)23-15-13-22(31-3)14-16-23)21-11-7-19(8-12-21)24(28)26-17(2)18-5-9-20(25)10-6-18/h5-17H,4H2,1-3H3,(H,26,28). The molecule has 0 bridgehead atoms. The highest BCUT2D eigenvalue weighted by Crippen LogP contribution is 2.26. The minimum absolute atomic E-state index is 0.215. The Morgan fingerprint density at radius 2 is 1.59 bits per heavy atom. The molecule has 0 aliphatic rings. The van der Waals surface area contributed by atoms with Gasteiger partial charge in [0.25, 0.3) is 15.9 Å². The molecule has 0 aliphatic heterocycles. The van der Waals surface area contributed by atoms with E-state index in [0.29, 0.717) is 11.3 Å². The topological polar surface area (TPSA) is 66.5 Å². The number of carbonyl (C=O) groups is 1. The van der Waals surface area contributed by atoms with Crippen molar-refractivity contribution in [3.8, 4) is 0 Å². The Morgan fingerprint density at radius 3 is 2.12 bits per heavy atom. The van der Waals surface area contributed by atoms with E-state index in [1.807, 2.05) is 13.2 Å². The number of hydrogen-bond acceptors (Lipinski definition) is 4. The first-order chi connectivity index (χ1) is 15.3. The molecule has 1 atom stereocenters. The molecule has 0 aromatic heterocycles. The van der Waals surface area contributed by atoms with Crippen molar-refractivity contribution in [3.63, 3.8) is 0 Å². The molecular formula is C24H25FN2O3S2. The molecule has 8 heteroatoms. The highest BCUT2D eigenvalue weighted by Gasteiger charge is 2.24. The third kappa shape index (κ3) is 5.31. The van der Waals surface area contributed by atoms with Gasteiger partial charge in [-0.05, 0) is 86.3 Å². The fourth-order valence-electron chi connectivity index (χ4n) is 3.26. The summed E-state index contributed by atoms with van der Waals surface area (Å²) in [5.74, 6) is -0.634. The van der Waals surface area contributed by atoms with E-state index in [4.69, 9.17) is 0 Å².